The molecule has 0 aliphatic heterocycles. The SMILES string of the molecule is CC12CCC(OC(=O)C(F)(F)Cl)CC1CCC1C2CCC2(C)C(OC(=O)C(F)(F)Cl)CCC12. The van der Waals surface area contributed by atoms with Crippen LogP contribution in [0.1, 0.15) is 71.6 Å². The fraction of sp³-hybridized carbons (Fsp3) is 0.913. The first-order chi connectivity index (χ1) is 15.2. The number of carbonyl (C=O) groups excluding carboxylic acids is 2. The third-order valence-corrected chi connectivity index (χ3v) is 9.83. The molecule has 33 heavy (non-hydrogen) atoms. The lowest BCUT2D eigenvalue weighted by Crippen LogP contribution is -2.55. The predicted octanol–water partition coefficient (Wildman–Crippen LogP) is 6.52. The Kier molecular flexibility index (Phi) is 6.47. The lowest BCUT2D eigenvalue weighted by molar-refractivity contribution is -0.183. The van der Waals surface area contributed by atoms with Crippen LogP contribution < -0.4 is 0 Å². The molecule has 0 spiro atoms. The molecule has 0 aromatic heterocycles. The highest BCUT2D eigenvalue weighted by Crippen LogP contribution is 2.66. The van der Waals surface area contributed by atoms with Crippen LogP contribution in [0.3, 0.4) is 0 Å². The molecule has 4 fully saturated rings. The second-order valence-electron chi connectivity index (χ2n) is 11.0. The number of rotatable bonds is 4. The van der Waals surface area contributed by atoms with Crippen LogP contribution in [0.5, 0.6) is 0 Å². The molecule has 0 amide bonds. The van der Waals surface area contributed by atoms with Gasteiger partial charge in [0, 0.05) is 5.41 Å². The van der Waals surface area contributed by atoms with E-state index in [0.717, 1.165) is 38.5 Å². The summed E-state index contributed by atoms with van der Waals surface area (Å²) in [5.74, 6) is -2.05. The Morgan fingerprint density at radius 3 is 2.00 bits per heavy atom. The van der Waals surface area contributed by atoms with Crippen LogP contribution in [0.2, 0.25) is 0 Å². The van der Waals surface area contributed by atoms with Crippen LogP contribution in [0.15, 0.2) is 0 Å². The lowest BCUT2D eigenvalue weighted by atomic mass is 9.45. The van der Waals surface area contributed by atoms with Gasteiger partial charge in [0.2, 0.25) is 0 Å². The molecule has 10 heteroatoms. The highest BCUT2D eigenvalue weighted by molar-refractivity contribution is 6.31. The number of ether oxygens (including phenoxy) is 2. The van der Waals surface area contributed by atoms with E-state index in [1.165, 1.54) is 0 Å². The Hall–Kier alpha value is -0.760. The van der Waals surface area contributed by atoms with Gasteiger partial charge in [-0.25, -0.2) is 9.59 Å². The number of halogens is 6. The maximum absolute atomic E-state index is 13.2. The average molecular weight is 517 g/mol. The van der Waals surface area contributed by atoms with E-state index in [9.17, 15) is 27.2 Å². The van der Waals surface area contributed by atoms with E-state index in [1.807, 2.05) is 6.92 Å². The van der Waals surface area contributed by atoms with E-state index in [4.69, 9.17) is 32.7 Å². The minimum Gasteiger partial charge on any atom is -0.457 e. The Morgan fingerprint density at radius 2 is 1.36 bits per heavy atom. The summed E-state index contributed by atoms with van der Waals surface area (Å²) in [6.45, 7) is 4.30. The molecular weight excluding hydrogens is 487 g/mol. The van der Waals surface area contributed by atoms with Crippen molar-refractivity contribution in [1.29, 1.82) is 0 Å². The zero-order valence-corrected chi connectivity index (χ0v) is 20.2. The molecule has 4 aliphatic carbocycles. The van der Waals surface area contributed by atoms with Crippen LogP contribution in [-0.2, 0) is 19.1 Å². The summed E-state index contributed by atoms with van der Waals surface area (Å²) in [4.78, 5) is 23.3. The third-order valence-electron chi connectivity index (χ3n) is 9.52. The van der Waals surface area contributed by atoms with E-state index in [1.54, 1.807) is 0 Å². The van der Waals surface area contributed by atoms with E-state index in [0.29, 0.717) is 31.1 Å². The zero-order valence-electron chi connectivity index (χ0n) is 18.7. The number of hydrogen-bond donors (Lipinski definition) is 0. The van der Waals surface area contributed by atoms with Gasteiger partial charge in [0.15, 0.2) is 0 Å². The number of alkyl halides is 6. The second kappa shape index (κ2) is 8.42. The van der Waals surface area contributed by atoms with Gasteiger partial charge in [-0.3, -0.25) is 0 Å². The maximum atomic E-state index is 13.2. The minimum absolute atomic E-state index is 0.00539. The van der Waals surface area contributed by atoms with Crippen molar-refractivity contribution in [2.75, 3.05) is 0 Å². The van der Waals surface area contributed by atoms with E-state index in [-0.39, 0.29) is 22.7 Å². The van der Waals surface area contributed by atoms with E-state index in [2.05, 4.69) is 6.92 Å². The van der Waals surface area contributed by atoms with E-state index >= 15 is 0 Å². The van der Waals surface area contributed by atoms with Crippen molar-refractivity contribution in [3.63, 3.8) is 0 Å². The molecular formula is C23H30Cl2F4O4. The molecule has 4 nitrogen and oxygen atoms in total. The van der Waals surface area contributed by atoms with Crippen molar-refractivity contribution in [2.45, 2.75) is 94.6 Å². The van der Waals surface area contributed by atoms with Crippen molar-refractivity contribution in [3.8, 4) is 0 Å². The van der Waals surface area contributed by atoms with Crippen LogP contribution in [-0.4, -0.2) is 34.9 Å². The smallest absolute Gasteiger partial charge is 0.417 e. The number of fused-ring (bicyclic) bond motifs is 5. The molecule has 0 aromatic carbocycles. The predicted molar refractivity (Wildman–Crippen MR) is 113 cm³/mol. The van der Waals surface area contributed by atoms with Gasteiger partial charge in [0.05, 0.1) is 0 Å². The summed E-state index contributed by atoms with van der Waals surface area (Å²) in [7, 11) is 0. The summed E-state index contributed by atoms with van der Waals surface area (Å²) < 4.78 is 62.7. The van der Waals surface area contributed by atoms with Gasteiger partial charge in [-0.1, -0.05) is 13.8 Å². The topological polar surface area (TPSA) is 52.6 Å². The van der Waals surface area contributed by atoms with Crippen LogP contribution in [0.25, 0.3) is 0 Å². The van der Waals surface area contributed by atoms with Crippen LogP contribution >= 0.6 is 23.2 Å². The first-order valence-electron chi connectivity index (χ1n) is 11.7. The Labute approximate surface area is 201 Å². The van der Waals surface area contributed by atoms with Crippen LogP contribution in [0.4, 0.5) is 17.6 Å². The monoisotopic (exact) mass is 516 g/mol. The minimum atomic E-state index is -4.02. The summed E-state index contributed by atoms with van der Waals surface area (Å²) in [6, 6.07) is 0. The number of carbonyl (C=O) groups is 2. The fourth-order valence-electron chi connectivity index (χ4n) is 7.89. The Morgan fingerprint density at radius 1 is 0.788 bits per heavy atom. The van der Waals surface area contributed by atoms with Gasteiger partial charge in [-0.15, -0.1) is 0 Å². The summed E-state index contributed by atoms with van der Waals surface area (Å²) in [5, 5.41) is -8.03. The molecule has 4 rings (SSSR count). The van der Waals surface area contributed by atoms with Crippen molar-refractivity contribution >= 4 is 35.1 Å². The standard InChI is InChI=1S/C23H30Cl2F4O4/c1-20-9-7-13(32-18(30)22(24,26)27)11-12(20)3-4-14-15-5-6-17(33-19(31)23(25,28)29)21(15,2)10-8-16(14)20/h12-17H,3-11H2,1-2H3. The number of esters is 2. The average Bonchev–Trinajstić information content (AvgIpc) is 3.03. The van der Waals surface area contributed by atoms with Gasteiger partial charge in [-0.2, -0.15) is 17.6 Å². The molecule has 0 heterocycles. The summed E-state index contributed by atoms with van der Waals surface area (Å²) in [6.07, 6.45) is 5.55. The Balaban J connectivity index is 1.45. The normalized spacial score (nSPS) is 43.2. The highest BCUT2D eigenvalue weighted by atomic mass is 35.5. The van der Waals surface area contributed by atoms with Gasteiger partial charge in [0.25, 0.3) is 0 Å². The van der Waals surface area contributed by atoms with Crippen molar-refractivity contribution in [1.82, 2.24) is 0 Å². The van der Waals surface area contributed by atoms with Gasteiger partial charge in [0.1, 0.15) is 12.2 Å². The zero-order chi connectivity index (χ0) is 24.4. The Bertz CT molecular complexity index is 800. The molecule has 8 unspecified atom stereocenters. The second-order valence-corrected chi connectivity index (χ2v) is 11.9. The van der Waals surface area contributed by atoms with Gasteiger partial charge < -0.3 is 9.47 Å². The molecule has 0 N–H and O–H groups in total. The van der Waals surface area contributed by atoms with Crippen molar-refractivity contribution in [2.24, 2.45) is 34.5 Å². The van der Waals surface area contributed by atoms with E-state index < -0.39 is 34.9 Å². The fourth-order valence-corrected chi connectivity index (χ4v) is 7.97. The molecule has 8 atom stereocenters. The van der Waals surface area contributed by atoms with Gasteiger partial charge >= 0.3 is 22.7 Å². The molecule has 0 saturated heterocycles. The quantitative estimate of drug-likeness (QED) is 0.242. The summed E-state index contributed by atoms with van der Waals surface area (Å²) in [5.41, 5.74) is -0.366. The first-order valence-corrected chi connectivity index (χ1v) is 12.5. The molecule has 0 bridgehead atoms. The first kappa shape index (κ1) is 25.3. The highest BCUT2D eigenvalue weighted by Gasteiger charge is 2.62. The molecule has 4 saturated carbocycles. The van der Waals surface area contributed by atoms with Crippen LogP contribution in [0, 0.1) is 34.5 Å². The molecule has 4 aliphatic rings. The largest absolute Gasteiger partial charge is 0.457 e. The number of hydrogen-bond acceptors (Lipinski definition) is 4. The summed E-state index contributed by atoms with van der Waals surface area (Å²) >= 11 is 9.67. The molecule has 0 aromatic rings. The van der Waals surface area contributed by atoms with Gasteiger partial charge in [-0.05, 0) is 110 Å². The molecule has 0 radical (unpaired) electrons. The molecule has 188 valence electrons. The third kappa shape index (κ3) is 4.48. The maximum Gasteiger partial charge on any atom is 0.417 e. The van der Waals surface area contributed by atoms with Crippen molar-refractivity contribution < 1.29 is 36.6 Å². The van der Waals surface area contributed by atoms with Crippen molar-refractivity contribution in [3.05, 3.63) is 0 Å². The lowest BCUT2D eigenvalue weighted by Gasteiger charge is -2.60.